The van der Waals surface area contributed by atoms with E-state index in [0.717, 1.165) is 36.0 Å². The van der Waals surface area contributed by atoms with Crippen molar-refractivity contribution in [3.05, 3.63) is 96.7 Å². The first-order chi connectivity index (χ1) is 16.7. The van der Waals surface area contributed by atoms with Gasteiger partial charge in [0, 0.05) is 24.2 Å². The number of pyridine rings is 1. The van der Waals surface area contributed by atoms with Crippen molar-refractivity contribution in [2.75, 3.05) is 13.1 Å². The number of piperidine rings is 3. The number of aromatic nitrogens is 1. The standard InChI is InChI=1S/C30H30N2O2/c1-2-21-18-32-14-12-24(21)16-29(32)30(26-11-13-31-28-10-9-25(33)17-27(26)28)34-19-20-7-8-22-5-3-4-6-23(22)15-20/h2-11,13,15,17,21,24,29-30,33H,1,12,14,16,18-19H2/t21?,24?,29?,30-/m0/s1. The first-order valence-electron chi connectivity index (χ1n) is 12.2. The third-order valence-corrected chi connectivity index (χ3v) is 7.81. The first-order valence-corrected chi connectivity index (χ1v) is 12.2. The van der Waals surface area contributed by atoms with Crippen molar-refractivity contribution >= 4 is 21.7 Å². The van der Waals surface area contributed by atoms with Crippen LogP contribution in [0.1, 0.15) is 30.1 Å². The molecule has 0 spiro atoms. The van der Waals surface area contributed by atoms with E-state index < -0.39 is 0 Å². The molecule has 0 aliphatic carbocycles. The molecule has 3 fully saturated rings. The first kappa shape index (κ1) is 21.3. The molecular weight excluding hydrogens is 420 g/mol. The van der Waals surface area contributed by atoms with Gasteiger partial charge in [-0.2, -0.15) is 0 Å². The molecule has 4 aromatic rings. The van der Waals surface area contributed by atoms with E-state index in [1.165, 1.54) is 22.8 Å². The molecule has 4 heteroatoms. The Morgan fingerprint density at radius 2 is 1.97 bits per heavy atom. The van der Waals surface area contributed by atoms with Gasteiger partial charge in [0.25, 0.3) is 0 Å². The van der Waals surface area contributed by atoms with Crippen molar-refractivity contribution < 1.29 is 9.84 Å². The van der Waals surface area contributed by atoms with E-state index in [2.05, 4.69) is 71.1 Å². The van der Waals surface area contributed by atoms with Crippen LogP contribution < -0.4 is 0 Å². The Morgan fingerprint density at radius 3 is 2.79 bits per heavy atom. The number of benzene rings is 3. The van der Waals surface area contributed by atoms with Crippen LogP contribution >= 0.6 is 0 Å². The molecule has 2 bridgehead atoms. The molecular formula is C30H30N2O2. The summed E-state index contributed by atoms with van der Waals surface area (Å²) in [4.78, 5) is 7.13. The van der Waals surface area contributed by atoms with Gasteiger partial charge in [0.15, 0.2) is 0 Å². The van der Waals surface area contributed by atoms with Crippen molar-refractivity contribution in [2.24, 2.45) is 11.8 Å². The second kappa shape index (κ2) is 8.86. The Bertz CT molecular complexity index is 1350. The number of rotatable bonds is 6. The summed E-state index contributed by atoms with van der Waals surface area (Å²) in [5.74, 6) is 1.47. The fraction of sp³-hybridized carbons (Fsp3) is 0.300. The van der Waals surface area contributed by atoms with Crippen LogP contribution in [0.25, 0.3) is 21.7 Å². The van der Waals surface area contributed by atoms with E-state index >= 15 is 0 Å². The quantitative estimate of drug-likeness (QED) is 0.353. The van der Waals surface area contributed by atoms with Gasteiger partial charge in [0.05, 0.1) is 18.2 Å². The van der Waals surface area contributed by atoms with Crippen LogP contribution in [-0.2, 0) is 11.3 Å². The van der Waals surface area contributed by atoms with Gasteiger partial charge in [-0.3, -0.25) is 9.88 Å². The molecule has 0 saturated carbocycles. The van der Waals surface area contributed by atoms with E-state index in [9.17, 15) is 5.11 Å². The van der Waals surface area contributed by atoms with Crippen LogP contribution in [0.15, 0.2) is 85.6 Å². The van der Waals surface area contributed by atoms with Gasteiger partial charge in [-0.15, -0.1) is 6.58 Å². The van der Waals surface area contributed by atoms with Crippen molar-refractivity contribution in [1.29, 1.82) is 0 Å². The molecule has 4 heterocycles. The second-order valence-corrected chi connectivity index (χ2v) is 9.76. The number of nitrogens with zero attached hydrogens (tertiary/aromatic N) is 2. The van der Waals surface area contributed by atoms with Crippen LogP contribution in [0, 0.1) is 11.8 Å². The van der Waals surface area contributed by atoms with Crippen LogP contribution in [0.4, 0.5) is 0 Å². The van der Waals surface area contributed by atoms with Crippen molar-refractivity contribution in [2.45, 2.75) is 31.6 Å². The summed E-state index contributed by atoms with van der Waals surface area (Å²) in [6.07, 6.45) is 6.22. The van der Waals surface area contributed by atoms with E-state index in [4.69, 9.17) is 4.74 Å². The van der Waals surface area contributed by atoms with Crippen molar-refractivity contribution in [3.8, 4) is 5.75 Å². The Morgan fingerprint density at radius 1 is 1.09 bits per heavy atom. The highest BCUT2D eigenvalue weighted by Gasteiger charge is 2.43. The summed E-state index contributed by atoms with van der Waals surface area (Å²) >= 11 is 0. The molecule has 0 amide bonds. The molecule has 0 radical (unpaired) electrons. The largest absolute Gasteiger partial charge is 0.508 e. The van der Waals surface area contributed by atoms with Crippen molar-refractivity contribution in [3.63, 3.8) is 0 Å². The Labute approximate surface area is 200 Å². The van der Waals surface area contributed by atoms with Crippen LogP contribution in [0.2, 0.25) is 0 Å². The molecule has 1 aromatic heterocycles. The Balaban J connectivity index is 1.37. The summed E-state index contributed by atoms with van der Waals surface area (Å²) in [6.45, 7) is 6.77. The molecule has 172 valence electrons. The zero-order valence-corrected chi connectivity index (χ0v) is 19.3. The molecule has 3 aromatic carbocycles. The van der Waals surface area contributed by atoms with Gasteiger partial charge in [0.2, 0.25) is 0 Å². The fourth-order valence-electron chi connectivity index (χ4n) is 6.02. The molecule has 1 N–H and O–H groups in total. The van der Waals surface area contributed by atoms with Gasteiger partial charge in [-0.1, -0.05) is 42.5 Å². The van der Waals surface area contributed by atoms with Gasteiger partial charge in [-0.25, -0.2) is 0 Å². The topological polar surface area (TPSA) is 45.6 Å². The summed E-state index contributed by atoms with van der Waals surface area (Å²) in [5, 5.41) is 13.7. The monoisotopic (exact) mass is 450 g/mol. The fourth-order valence-corrected chi connectivity index (χ4v) is 6.02. The number of fused-ring (bicyclic) bond motifs is 5. The zero-order valence-electron chi connectivity index (χ0n) is 19.3. The normalized spacial score (nSPS) is 24.9. The molecule has 5 atom stereocenters. The van der Waals surface area contributed by atoms with E-state index in [1.807, 2.05) is 18.3 Å². The maximum Gasteiger partial charge on any atom is 0.116 e. The molecule has 4 nitrogen and oxygen atoms in total. The van der Waals surface area contributed by atoms with Crippen molar-refractivity contribution in [1.82, 2.24) is 9.88 Å². The van der Waals surface area contributed by atoms with E-state index in [1.54, 1.807) is 6.07 Å². The van der Waals surface area contributed by atoms with Crippen LogP contribution in [-0.4, -0.2) is 34.1 Å². The lowest BCUT2D eigenvalue weighted by atomic mass is 9.73. The minimum absolute atomic E-state index is 0.104. The number of ether oxygens (including phenoxy) is 1. The van der Waals surface area contributed by atoms with E-state index in [-0.39, 0.29) is 11.9 Å². The molecule has 3 aliphatic rings. The lowest BCUT2D eigenvalue weighted by Crippen LogP contribution is -2.55. The van der Waals surface area contributed by atoms with Gasteiger partial charge in [0.1, 0.15) is 5.75 Å². The smallest absolute Gasteiger partial charge is 0.116 e. The molecule has 7 rings (SSSR count). The average molecular weight is 451 g/mol. The summed E-state index contributed by atoms with van der Waals surface area (Å²) < 4.78 is 6.80. The number of aromatic hydroxyl groups is 1. The van der Waals surface area contributed by atoms with Gasteiger partial charge in [-0.05, 0) is 83.5 Å². The molecule has 3 aliphatic heterocycles. The van der Waals surface area contributed by atoms with Crippen LogP contribution in [0.5, 0.6) is 5.75 Å². The minimum Gasteiger partial charge on any atom is -0.508 e. The summed E-state index contributed by atoms with van der Waals surface area (Å²) in [6, 6.07) is 22.8. The van der Waals surface area contributed by atoms with Crippen LogP contribution in [0.3, 0.4) is 0 Å². The SMILES string of the molecule is C=CC1CN2CCC1CC2[C@@H](OCc1ccc2ccccc2c1)c1ccnc2ccc(O)cc12. The summed E-state index contributed by atoms with van der Waals surface area (Å²) in [5.41, 5.74) is 3.16. The van der Waals surface area contributed by atoms with Gasteiger partial charge >= 0.3 is 0 Å². The Kier molecular flexibility index (Phi) is 5.56. The number of phenols is 1. The highest BCUT2D eigenvalue weighted by molar-refractivity contribution is 5.84. The third-order valence-electron chi connectivity index (χ3n) is 7.81. The Hall–Kier alpha value is -3.21. The zero-order chi connectivity index (χ0) is 23.1. The molecule has 4 unspecified atom stereocenters. The number of hydrogen-bond acceptors (Lipinski definition) is 4. The predicted octanol–water partition coefficient (Wildman–Crippen LogP) is 6.25. The highest BCUT2D eigenvalue weighted by Crippen LogP contribution is 2.44. The third kappa shape index (κ3) is 3.87. The minimum atomic E-state index is -0.104. The molecule has 34 heavy (non-hydrogen) atoms. The maximum absolute atomic E-state index is 10.2. The number of phenolic OH excluding ortho intramolecular Hbond substituents is 1. The predicted molar refractivity (Wildman–Crippen MR) is 137 cm³/mol. The maximum atomic E-state index is 10.2. The highest BCUT2D eigenvalue weighted by atomic mass is 16.5. The second-order valence-electron chi connectivity index (χ2n) is 9.76. The lowest BCUT2D eigenvalue weighted by Gasteiger charge is -2.51. The van der Waals surface area contributed by atoms with E-state index in [0.29, 0.717) is 24.5 Å². The summed E-state index contributed by atoms with van der Waals surface area (Å²) in [7, 11) is 0. The average Bonchev–Trinajstić information content (AvgIpc) is 2.89. The number of hydrogen-bond donors (Lipinski definition) is 1. The van der Waals surface area contributed by atoms with Gasteiger partial charge < -0.3 is 9.84 Å². The molecule has 3 saturated heterocycles. The lowest BCUT2D eigenvalue weighted by molar-refractivity contribution is -0.0803.